The summed E-state index contributed by atoms with van der Waals surface area (Å²) in [6.07, 6.45) is 5.59. The average Bonchev–Trinajstić information content (AvgIpc) is 2.37. The molecule has 1 amide bonds. The number of carbonyl (C=O) groups excluding carboxylic acids is 2. The summed E-state index contributed by atoms with van der Waals surface area (Å²) in [5.41, 5.74) is 0.855. The van der Waals surface area contributed by atoms with E-state index in [1.807, 2.05) is 36.4 Å². The van der Waals surface area contributed by atoms with Crippen LogP contribution in [-0.2, 0) is 20.9 Å². The Balaban J connectivity index is 2.40. The maximum absolute atomic E-state index is 11.5. The van der Waals surface area contributed by atoms with E-state index in [4.69, 9.17) is 23.7 Å². The van der Waals surface area contributed by atoms with Crippen molar-refractivity contribution < 1.29 is 19.1 Å². The van der Waals surface area contributed by atoms with Crippen LogP contribution >= 0.6 is 0 Å². The van der Waals surface area contributed by atoms with Crippen LogP contribution < -0.4 is 5.32 Å². The summed E-state index contributed by atoms with van der Waals surface area (Å²) in [6, 6.07) is 9.18. The van der Waals surface area contributed by atoms with Gasteiger partial charge >= 0.3 is 5.97 Å². The van der Waals surface area contributed by atoms with Crippen LogP contribution in [0.3, 0.4) is 0 Å². The van der Waals surface area contributed by atoms with Gasteiger partial charge in [0.15, 0.2) is 12.0 Å². The number of benzene rings is 1. The number of nitrogens with one attached hydrogen (secondary N) is 1. The molecule has 0 aromatic heterocycles. The molecule has 2 radical (unpaired) electrons. The minimum Gasteiger partial charge on any atom is -0.461 e. The second-order valence-electron chi connectivity index (χ2n) is 3.58. The Hall–Kier alpha value is -2.42. The Morgan fingerprint density at radius 3 is 2.63 bits per heavy atom. The predicted octanol–water partition coefficient (Wildman–Crippen LogP) is 0.931. The maximum Gasteiger partial charge on any atom is 0.311 e. The van der Waals surface area contributed by atoms with Gasteiger partial charge in [-0.25, -0.2) is 0 Å². The highest BCUT2D eigenvalue weighted by atomic mass is 16.5. The SMILES string of the molecule is [B]C(=O)NC(CC(=O)OCc1ccccc1)OC#C. The number of hydrogen-bond acceptors (Lipinski definition) is 4. The molecular formula is C13H12BNO4. The van der Waals surface area contributed by atoms with Crippen LogP contribution in [0.15, 0.2) is 30.3 Å². The van der Waals surface area contributed by atoms with Gasteiger partial charge in [-0.05, 0) is 5.56 Å². The van der Waals surface area contributed by atoms with Crippen molar-refractivity contribution in [3.8, 4) is 12.5 Å². The first-order valence-electron chi connectivity index (χ1n) is 5.48. The van der Waals surface area contributed by atoms with E-state index < -0.39 is 18.0 Å². The molecule has 96 valence electrons. The normalized spacial score (nSPS) is 10.9. The maximum atomic E-state index is 11.5. The summed E-state index contributed by atoms with van der Waals surface area (Å²) >= 11 is 0. The van der Waals surface area contributed by atoms with Crippen molar-refractivity contribution in [2.45, 2.75) is 19.3 Å². The fourth-order valence-corrected chi connectivity index (χ4v) is 1.31. The summed E-state index contributed by atoms with van der Waals surface area (Å²) in [5.74, 6) is -1.39. The van der Waals surface area contributed by atoms with E-state index in [1.54, 1.807) is 0 Å². The molecule has 0 fully saturated rings. The quantitative estimate of drug-likeness (QED) is 0.356. The van der Waals surface area contributed by atoms with E-state index in [2.05, 4.69) is 5.32 Å². The molecule has 0 aliphatic rings. The minimum absolute atomic E-state index is 0.138. The summed E-state index contributed by atoms with van der Waals surface area (Å²) < 4.78 is 9.70. The molecule has 0 saturated heterocycles. The topological polar surface area (TPSA) is 64.6 Å². The van der Waals surface area contributed by atoms with Gasteiger partial charge in [0.1, 0.15) is 19.1 Å². The van der Waals surface area contributed by atoms with Gasteiger partial charge in [0.2, 0.25) is 7.85 Å². The zero-order valence-electron chi connectivity index (χ0n) is 10.2. The zero-order chi connectivity index (χ0) is 14.1. The van der Waals surface area contributed by atoms with E-state index in [0.29, 0.717) is 0 Å². The largest absolute Gasteiger partial charge is 0.461 e. The number of esters is 1. The molecule has 6 heteroatoms. The Labute approximate surface area is 112 Å². The molecule has 19 heavy (non-hydrogen) atoms. The Kier molecular flexibility index (Phi) is 6.03. The lowest BCUT2D eigenvalue weighted by molar-refractivity contribution is -0.147. The first-order valence-corrected chi connectivity index (χ1v) is 5.48. The van der Waals surface area contributed by atoms with Crippen molar-refractivity contribution >= 4 is 19.6 Å². The van der Waals surface area contributed by atoms with E-state index in [9.17, 15) is 9.59 Å². The van der Waals surface area contributed by atoms with Crippen molar-refractivity contribution in [3.05, 3.63) is 35.9 Å². The number of terminal acetylenes is 1. The number of carbonyl (C=O) groups is 2. The molecule has 0 aliphatic carbocycles. The first-order chi connectivity index (χ1) is 9.11. The van der Waals surface area contributed by atoms with Crippen LogP contribution in [0.25, 0.3) is 0 Å². The molecule has 1 unspecified atom stereocenters. The molecule has 5 nitrogen and oxygen atoms in total. The molecule has 0 saturated carbocycles. The monoisotopic (exact) mass is 257 g/mol. The summed E-state index contributed by atoms with van der Waals surface area (Å²) in [7, 11) is 4.91. The van der Waals surface area contributed by atoms with E-state index >= 15 is 0 Å². The lowest BCUT2D eigenvalue weighted by Gasteiger charge is -2.15. The molecule has 1 rings (SSSR count). The molecular weight excluding hydrogens is 245 g/mol. The minimum atomic E-state index is -0.995. The summed E-state index contributed by atoms with van der Waals surface area (Å²) in [5, 5.41) is 2.18. The van der Waals surface area contributed by atoms with Crippen molar-refractivity contribution in [1.29, 1.82) is 0 Å². The number of ether oxygens (including phenoxy) is 2. The standard InChI is InChI=1S/C13H12BNO4/c1-2-18-11(15-13(14)17)8-12(16)19-9-10-6-4-3-5-7-10/h1,3-7,11H,8-9H2,(H,15,17). The molecule has 1 atom stereocenters. The van der Waals surface area contributed by atoms with Crippen molar-refractivity contribution in [2.24, 2.45) is 0 Å². The Morgan fingerprint density at radius 2 is 2.05 bits per heavy atom. The third kappa shape index (κ3) is 6.17. The number of hydrogen-bond donors (Lipinski definition) is 1. The smallest absolute Gasteiger partial charge is 0.311 e. The van der Waals surface area contributed by atoms with Gasteiger partial charge in [0.25, 0.3) is 0 Å². The molecule has 1 N–H and O–H groups in total. The average molecular weight is 257 g/mol. The zero-order valence-corrected chi connectivity index (χ0v) is 10.2. The highest BCUT2D eigenvalue weighted by Gasteiger charge is 2.16. The second-order valence-corrected chi connectivity index (χ2v) is 3.58. The molecule has 0 bridgehead atoms. The van der Waals surface area contributed by atoms with Crippen molar-refractivity contribution in [2.75, 3.05) is 0 Å². The van der Waals surface area contributed by atoms with Gasteiger partial charge in [0, 0.05) is 0 Å². The van der Waals surface area contributed by atoms with Gasteiger partial charge in [-0.3, -0.25) is 9.59 Å². The van der Waals surface area contributed by atoms with Gasteiger partial charge in [-0.1, -0.05) is 36.8 Å². The second kappa shape index (κ2) is 7.82. The van der Waals surface area contributed by atoms with Gasteiger partial charge in [-0.15, -0.1) is 0 Å². The Morgan fingerprint density at radius 1 is 1.37 bits per heavy atom. The lowest BCUT2D eigenvalue weighted by atomic mass is 10.1. The van der Waals surface area contributed by atoms with Crippen LogP contribution in [-0.4, -0.2) is 25.9 Å². The fraction of sp³-hybridized carbons (Fsp3) is 0.231. The molecule has 1 aromatic carbocycles. The molecule has 0 heterocycles. The number of rotatable bonds is 6. The third-order valence-electron chi connectivity index (χ3n) is 2.11. The first kappa shape index (κ1) is 14.6. The third-order valence-corrected chi connectivity index (χ3v) is 2.11. The van der Waals surface area contributed by atoms with Crippen LogP contribution in [0.4, 0.5) is 4.79 Å². The summed E-state index contributed by atoms with van der Waals surface area (Å²) in [4.78, 5) is 22.2. The van der Waals surface area contributed by atoms with Crippen LogP contribution in [0.5, 0.6) is 0 Å². The number of amides is 1. The van der Waals surface area contributed by atoms with Crippen LogP contribution in [0.2, 0.25) is 0 Å². The van der Waals surface area contributed by atoms with E-state index in [-0.39, 0.29) is 13.0 Å². The van der Waals surface area contributed by atoms with E-state index in [0.717, 1.165) is 5.56 Å². The molecule has 0 aliphatic heterocycles. The molecule has 0 spiro atoms. The van der Waals surface area contributed by atoms with Crippen LogP contribution in [0, 0.1) is 12.5 Å². The van der Waals surface area contributed by atoms with Crippen molar-refractivity contribution in [3.63, 3.8) is 0 Å². The van der Waals surface area contributed by atoms with Gasteiger partial charge < -0.3 is 14.8 Å². The van der Waals surface area contributed by atoms with Crippen LogP contribution in [0.1, 0.15) is 12.0 Å². The highest BCUT2D eigenvalue weighted by Crippen LogP contribution is 2.03. The summed E-state index contributed by atoms with van der Waals surface area (Å²) in [6.45, 7) is 0.138. The predicted molar refractivity (Wildman–Crippen MR) is 68.8 cm³/mol. The lowest BCUT2D eigenvalue weighted by Crippen LogP contribution is -2.37. The van der Waals surface area contributed by atoms with Gasteiger partial charge in [0.05, 0.1) is 0 Å². The molecule has 1 aromatic rings. The highest BCUT2D eigenvalue weighted by molar-refractivity contribution is 6.57. The van der Waals surface area contributed by atoms with Crippen molar-refractivity contribution in [1.82, 2.24) is 5.32 Å². The fourth-order valence-electron chi connectivity index (χ4n) is 1.31. The van der Waals surface area contributed by atoms with E-state index in [1.165, 1.54) is 0 Å². The Bertz CT molecular complexity index is 469. The van der Waals surface area contributed by atoms with Gasteiger partial charge in [-0.2, -0.15) is 0 Å².